The van der Waals surface area contributed by atoms with Crippen molar-refractivity contribution in [2.24, 2.45) is 0 Å². The lowest BCUT2D eigenvalue weighted by Crippen LogP contribution is -2.50. The van der Waals surface area contributed by atoms with E-state index in [1.54, 1.807) is 12.5 Å². The molecule has 0 N–H and O–H groups in total. The van der Waals surface area contributed by atoms with Crippen LogP contribution in [0.2, 0.25) is 0 Å². The van der Waals surface area contributed by atoms with Crippen molar-refractivity contribution < 1.29 is 23.7 Å². The van der Waals surface area contributed by atoms with Crippen LogP contribution in [-0.2, 0) is 24.7 Å². The van der Waals surface area contributed by atoms with Gasteiger partial charge in [-0.1, -0.05) is 80.9 Å². The highest BCUT2D eigenvalue weighted by molar-refractivity contribution is 5.73. The first-order chi connectivity index (χ1) is 26.8. The molecule has 0 radical (unpaired) electrons. The third kappa shape index (κ3) is 7.61. The Morgan fingerprint density at radius 1 is 0.536 bits per heavy atom. The molecule has 7 nitrogen and oxygen atoms in total. The van der Waals surface area contributed by atoms with Gasteiger partial charge in [-0.2, -0.15) is 0 Å². The smallest absolute Gasteiger partial charge is 0.311 e. The Kier molecular flexibility index (Phi) is 11.8. The van der Waals surface area contributed by atoms with Crippen LogP contribution in [0.5, 0.6) is 11.5 Å². The largest absolute Gasteiger partial charge is 0.456 e. The fraction of sp³-hybridized carbons (Fsp3) is 0.388. The van der Waals surface area contributed by atoms with E-state index >= 15 is 0 Å². The van der Waals surface area contributed by atoms with Crippen LogP contribution in [0.15, 0.2) is 121 Å². The minimum Gasteiger partial charge on any atom is -0.456 e. The van der Waals surface area contributed by atoms with Crippen molar-refractivity contribution in [3.63, 3.8) is 0 Å². The first kappa shape index (κ1) is 40.4. The molecule has 0 saturated heterocycles. The molecule has 0 aromatic heterocycles. The molecule has 0 amide bonds. The van der Waals surface area contributed by atoms with Gasteiger partial charge in [-0.15, -0.1) is 0 Å². The molecule has 7 heteroatoms. The molecule has 4 heterocycles. The summed E-state index contributed by atoms with van der Waals surface area (Å²) in [5, 5.41) is 0. The Balaban J connectivity index is 0.000000147. The van der Waals surface area contributed by atoms with Crippen LogP contribution in [0, 0.1) is 27.7 Å². The van der Waals surface area contributed by atoms with Crippen LogP contribution in [0.25, 0.3) is 0 Å². The predicted molar refractivity (Wildman–Crippen MR) is 227 cm³/mol. The lowest BCUT2D eigenvalue weighted by Gasteiger charge is -2.43. The number of para-hydroxylation sites is 4. The fourth-order valence-corrected chi connectivity index (χ4v) is 8.51. The molecule has 0 bridgehead atoms. The van der Waals surface area contributed by atoms with Gasteiger partial charge in [-0.3, -0.25) is 0 Å². The third-order valence-electron chi connectivity index (χ3n) is 10.9. The molecule has 2 spiro atoms. The number of allylic oxidation sites excluding steroid dienone is 3. The molecule has 5 aliphatic rings. The van der Waals surface area contributed by atoms with E-state index in [1.807, 2.05) is 76.2 Å². The van der Waals surface area contributed by atoms with Crippen molar-refractivity contribution in [1.29, 1.82) is 0 Å². The zero-order chi connectivity index (χ0) is 40.3. The standard InChI is InChI=1S/C22H28N2.C16H12O3.C9H14O2.C2H6/c1-15-10-8-11-16(2)20(15)23-14-19(5)24(22(23,6)7)21-17(3)12-9-13-18(21)4;1-11-10-17-16(19-11)12-6-2-4-8-14(12)18-15-9-5-3-7-13(15)16;1-8-7-10-9(11-8)5-3-2-4-6-9;1-2/h8-14H,1-7H3;2-10H,1H3;7H,2-6H2,1H3;1-2H3. The molecule has 1 fully saturated rings. The molecule has 9 rings (SSSR count). The van der Waals surface area contributed by atoms with Gasteiger partial charge in [0.2, 0.25) is 5.79 Å². The maximum atomic E-state index is 6.00. The molecule has 0 atom stereocenters. The minimum atomic E-state index is -0.907. The van der Waals surface area contributed by atoms with E-state index in [-0.39, 0.29) is 11.4 Å². The Hall–Kier alpha value is -5.30. The quantitative estimate of drug-likeness (QED) is 0.202. The normalized spacial score (nSPS) is 18.6. The summed E-state index contributed by atoms with van der Waals surface area (Å²) in [6.45, 7) is 23.4. The van der Waals surface area contributed by atoms with Gasteiger partial charge in [0, 0.05) is 36.1 Å². The van der Waals surface area contributed by atoms with Gasteiger partial charge in [-0.25, -0.2) is 0 Å². The molecule has 4 aromatic rings. The van der Waals surface area contributed by atoms with Crippen LogP contribution in [0.4, 0.5) is 11.4 Å². The van der Waals surface area contributed by atoms with E-state index in [0.717, 1.165) is 47.0 Å². The van der Waals surface area contributed by atoms with Gasteiger partial charge in [0.25, 0.3) is 0 Å². The Bertz CT molecular complexity index is 2040. The molecule has 4 aliphatic heterocycles. The van der Waals surface area contributed by atoms with Gasteiger partial charge >= 0.3 is 5.79 Å². The van der Waals surface area contributed by atoms with Crippen molar-refractivity contribution >= 4 is 11.4 Å². The van der Waals surface area contributed by atoms with Crippen molar-refractivity contribution in [3.05, 3.63) is 154 Å². The van der Waals surface area contributed by atoms with E-state index in [2.05, 4.69) is 101 Å². The van der Waals surface area contributed by atoms with Crippen molar-refractivity contribution in [2.75, 3.05) is 9.80 Å². The number of rotatable bonds is 2. The molecule has 4 aromatic carbocycles. The van der Waals surface area contributed by atoms with Crippen LogP contribution in [0.3, 0.4) is 0 Å². The average Bonchev–Trinajstić information content (AvgIpc) is 3.82. The van der Waals surface area contributed by atoms with E-state index in [0.29, 0.717) is 0 Å². The van der Waals surface area contributed by atoms with Crippen molar-refractivity contribution in [3.8, 4) is 11.5 Å². The zero-order valence-electron chi connectivity index (χ0n) is 35.3. The second kappa shape index (κ2) is 16.4. The summed E-state index contributed by atoms with van der Waals surface area (Å²) in [6.07, 6.45) is 11.6. The zero-order valence-corrected chi connectivity index (χ0v) is 35.3. The van der Waals surface area contributed by atoms with Crippen molar-refractivity contribution in [2.45, 2.75) is 126 Å². The molecule has 1 saturated carbocycles. The second-order valence-electron chi connectivity index (χ2n) is 15.5. The second-order valence-corrected chi connectivity index (χ2v) is 15.5. The van der Waals surface area contributed by atoms with Crippen LogP contribution < -0.4 is 14.5 Å². The van der Waals surface area contributed by atoms with Gasteiger partial charge < -0.3 is 33.5 Å². The van der Waals surface area contributed by atoms with Gasteiger partial charge in [0.05, 0.1) is 11.1 Å². The first-order valence-corrected chi connectivity index (χ1v) is 20.2. The summed E-state index contributed by atoms with van der Waals surface area (Å²) in [7, 11) is 0. The highest BCUT2D eigenvalue weighted by Gasteiger charge is 2.49. The molecule has 1 aliphatic carbocycles. The highest BCUT2D eigenvalue weighted by Crippen LogP contribution is 2.52. The summed E-state index contributed by atoms with van der Waals surface area (Å²) in [5.74, 6) is 2.06. The average molecular weight is 757 g/mol. The monoisotopic (exact) mass is 756 g/mol. The number of anilines is 2. The number of hydrogen-bond donors (Lipinski definition) is 0. The number of benzene rings is 4. The maximum Gasteiger partial charge on any atom is 0.311 e. The molecule has 56 heavy (non-hydrogen) atoms. The summed E-state index contributed by atoms with van der Waals surface area (Å²) in [4.78, 5) is 4.91. The summed E-state index contributed by atoms with van der Waals surface area (Å²) in [5.41, 5.74) is 10.8. The molecule has 0 unspecified atom stereocenters. The van der Waals surface area contributed by atoms with Crippen LogP contribution >= 0.6 is 0 Å². The fourth-order valence-electron chi connectivity index (χ4n) is 8.51. The van der Waals surface area contributed by atoms with Gasteiger partial charge in [-0.05, 0) is 122 Å². The maximum absolute atomic E-state index is 6.00. The summed E-state index contributed by atoms with van der Waals surface area (Å²) >= 11 is 0. The van der Waals surface area contributed by atoms with Gasteiger partial charge in [0.15, 0.2) is 0 Å². The SMILES string of the molecule is CC.CC1=CN(c2c(C)cccc2C)C(C)(C)N1c1c(C)cccc1C.CC1=COC2(CCCCC2)O1.CC1=COC2(O1)c1ccccc1Oc1ccccc12. The van der Waals surface area contributed by atoms with E-state index in [1.165, 1.54) is 58.6 Å². The lowest BCUT2D eigenvalue weighted by molar-refractivity contribution is -0.168. The number of nitrogens with zero attached hydrogens (tertiary/aromatic N) is 2. The molecular formula is C49H60N2O5. The number of hydrogen-bond acceptors (Lipinski definition) is 7. The van der Waals surface area contributed by atoms with E-state index in [9.17, 15) is 0 Å². The lowest BCUT2D eigenvalue weighted by atomic mass is 9.93. The summed E-state index contributed by atoms with van der Waals surface area (Å²) in [6, 6.07) is 28.7. The van der Waals surface area contributed by atoms with Crippen LogP contribution in [0.1, 0.15) is 114 Å². The molecule has 296 valence electrons. The van der Waals surface area contributed by atoms with Crippen LogP contribution in [-0.4, -0.2) is 11.4 Å². The van der Waals surface area contributed by atoms with E-state index < -0.39 is 5.79 Å². The van der Waals surface area contributed by atoms with Crippen molar-refractivity contribution in [1.82, 2.24) is 0 Å². The van der Waals surface area contributed by atoms with Gasteiger partial charge in [0.1, 0.15) is 41.2 Å². The Labute approximate surface area is 335 Å². The summed E-state index contributed by atoms with van der Waals surface area (Å²) < 4.78 is 28.9. The number of aryl methyl sites for hydroxylation is 4. The number of fused-ring (bicyclic) bond motifs is 4. The number of ether oxygens (including phenoxy) is 5. The third-order valence-corrected chi connectivity index (χ3v) is 10.9. The molecular weight excluding hydrogens is 697 g/mol. The van der Waals surface area contributed by atoms with E-state index in [4.69, 9.17) is 23.7 Å². The Morgan fingerprint density at radius 3 is 1.50 bits per heavy atom. The predicted octanol–water partition coefficient (Wildman–Crippen LogP) is 13.3. The Morgan fingerprint density at radius 2 is 1.02 bits per heavy atom. The topological polar surface area (TPSA) is 52.6 Å². The highest BCUT2D eigenvalue weighted by atomic mass is 16.7. The minimum absolute atomic E-state index is 0.155. The first-order valence-electron chi connectivity index (χ1n) is 20.2.